The number of hydrogen-bond acceptors (Lipinski definition) is 16. The smallest absolute Gasteiger partial charge is 0.394 e. The molecule has 49 heavy (non-hydrogen) atoms. The first-order valence-corrected chi connectivity index (χ1v) is 19.3. The predicted molar refractivity (Wildman–Crippen MR) is 176 cm³/mol. The number of alkyl halides is 2. The quantitative estimate of drug-likeness (QED) is 0.0444. The average molecular weight is 763 g/mol. The minimum absolute atomic E-state index is 0.280. The van der Waals surface area contributed by atoms with Crippen LogP contribution in [0.15, 0.2) is 37.5 Å². The lowest BCUT2D eigenvalue weighted by Gasteiger charge is -2.15. The zero-order valence-electron chi connectivity index (χ0n) is 25.1. The Bertz CT molecular complexity index is 1840. The van der Waals surface area contributed by atoms with Gasteiger partial charge in [-0.25, -0.2) is 38.7 Å². The van der Waals surface area contributed by atoms with Crippen molar-refractivity contribution in [1.82, 2.24) is 39.0 Å². The van der Waals surface area contributed by atoms with E-state index in [2.05, 4.69) is 65.0 Å². The number of aromatic nitrogens is 8. The van der Waals surface area contributed by atoms with E-state index in [9.17, 15) is 19.3 Å². The van der Waals surface area contributed by atoms with Crippen molar-refractivity contribution in [2.45, 2.75) is 55.6 Å². The van der Waals surface area contributed by atoms with E-state index in [0.29, 0.717) is 42.2 Å². The second kappa shape index (κ2) is 15.9. The molecule has 0 spiro atoms. The second-order valence-corrected chi connectivity index (χ2v) is 14.0. The van der Waals surface area contributed by atoms with Crippen LogP contribution in [0.4, 0.5) is 20.4 Å². The van der Waals surface area contributed by atoms with Crippen molar-refractivity contribution in [3.63, 3.8) is 0 Å². The van der Waals surface area contributed by atoms with E-state index in [-0.39, 0.29) is 11.3 Å². The van der Waals surface area contributed by atoms with Crippen LogP contribution in [-0.2, 0) is 27.7 Å². The largest absolute Gasteiger partial charge is 0.582 e. The maximum atomic E-state index is 15.2. The third-order valence-corrected chi connectivity index (χ3v) is 9.15. The lowest BCUT2D eigenvalue weighted by atomic mass is 10.1. The van der Waals surface area contributed by atoms with Crippen molar-refractivity contribution in [1.29, 1.82) is 0 Å². The van der Waals surface area contributed by atoms with Gasteiger partial charge < -0.3 is 30.3 Å². The second-order valence-electron chi connectivity index (χ2n) is 10.7. The van der Waals surface area contributed by atoms with Gasteiger partial charge in [-0.05, 0) is 15.6 Å². The summed E-state index contributed by atoms with van der Waals surface area (Å²) in [6.07, 6.45) is -1.06. The molecule has 24 heteroatoms. The highest BCUT2D eigenvalue weighted by atomic mass is 32.7. The van der Waals surface area contributed by atoms with Gasteiger partial charge >= 0.3 is 14.5 Å². The van der Waals surface area contributed by atoms with Crippen molar-refractivity contribution < 1.29 is 46.6 Å². The van der Waals surface area contributed by atoms with Gasteiger partial charge in [0.25, 0.3) is 0 Å². The van der Waals surface area contributed by atoms with E-state index in [1.54, 1.807) is 0 Å². The Morgan fingerprint density at radius 2 is 1.29 bits per heavy atom. The van der Waals surface area contributed by atoms with Crippen LogP contribution in [0.25, 0.3) is 22.3 Å². The number of imidazole rings is 2. The van der Waals surface area contributed by atoms with Gasteiger partial charge in [0.1, 0.15) is 49.4 Å². The van der Waals surface area contributed by atoms with Crippen LogP contribution >= 0.6 is 39.0 Å². The number of aliphatic hydroxyl groups excluding tert-OH is 2. The molecule has 6 rings (SSSR count). The number of rotatable bonds is 15. The van der Waals surface area contributed by atoms with Crippen LogP contribution in [0.1, 0.15) is 18.9 Å². The zero-order valence-corrected chi connectivity index (χ0v) is 28.7. The van der Waals surface area contributed by atoms with Gasteiger partial charge in [-0.1, -0.05) is 12.2 Å². The molecule has 0 aromatic carbocycles. The molecule has 2 aliphatic rings. The number of fused-ring (bicyclic) bond motifs is 2. The Hall–Kier alpha value is -3.04. The molecule has 0 aliphatic carbocycles. The van der Waals surface area contributed by atoms with E-state index in [1.807, 2.05) is 12.2 Å². The summed E-state index contributed by atoms with van der Waals surface area (Å²) in [5.74, 6) is 0.810. The maximum absolute atomic E-state index is 15.2. The van der Waals surface area contributed by atoms with Gasteiger partial charge in [-0.2, -0.15) is 0 Å². The number of anilines is 2. The molecular formula is C25H30F2N10O8P2S2+2. The Labute approximate surface area is 288 Å². The standard InChI is InChI=1S/C25H28F2N10O8P2S2/c26-14-18(44-46(40)48)12(6-38)42-24(14)36-10-34-16-20(30-8-32-22(16)36)28-4-2-1-3-5-29-21-17-23(33-9-31-21)37(11-35-17)25-15(27)19(45-47(41)49)13(7-39)43-25/h1-2,8-15,18-19,24-25,38-39H,3-7H2,(H2-2,28,29,30,31,32,33,40,41,48,49)/p+2. The van der Waals surface area contributed by atoms with Crippen molar-refractivity contribution in [2.75, 3.05) is 36.9 Å². The van der Waals surface area contributed by atoms with Crippen LogP contribution in [0.2, 0.25) is 0 Å². The number of ether oxygens (including phenoxy) is 2. The van der Waals surface area contributed by atoms with Gasteiger partial charge in [0.2, 0.25) is 0 Å². The highest BCUT2D eigenvalue weighted by Gasteiger charge is 2.52. The molecule has 2 fully saturated rings. The van der Waals surface area contributed by atoms with Crippen molar-refractivity contribution in [2.24, 2.45) is 0 Å². The highest BCUT2D eigenvalue weighted by molar-refractivity contribution is 8.39. The molecule has 4 aromatic heterocycles. The lowest BCUT2D eigenvalue weighted by Crippen LogP contribution is -2.31. The monoisotopic (exact) mass is 762 g/mol. The number of thiol groups is 2. The number of hydrogen-bond donors (Lipinski definition) is 6. The summed E-state index contributed by atoms with van der Waals surface area (Å²) in [6, 6.07) is 0. The van der Waals surface area contributed by atoms with Crippen molar-refractivity contribution in [3.8, 4) is 0 Å². The van der Waals surface area contributed by atoms with E-state index in [4.69, 9.17) is 18.5 Å². The van der Waals surface area contributed by atoms with E-state index < -0.39 is 76.9 Å². The first kappa shape index (κ1) is 35.8. The average Bonchev–Trinajstić information content (AvgIpc) is 3.85. The number of aliphatic hydroxyl groups is 2. The molecule has 4 aromatic rings. The summed E-state index contributed by atoms with van der Waals surface area (Å²) in [5.41, 5.74) is 1.30. The predicted octanol–water partition coefficient (Wildman–Crippen LogP) is 2.84. The van der Waals surface area contributed by atoms with Gasteiger partial charge in [0.05, 0.1) is 25.9 Å². The molecule has 18 nitrogen and oxygen atoms in total. The maximum Gasteiger partial charge on any atom is 0.582 e. The van der Waals surface area contributed by atoms with Crippen LogP contribution < -0.4 is 10.6 Å². The summed E-state index contributed by atoms with van der Waals surface area (Å²) in [6.45, 7) is -0.261. The third-order valence-electron chi connectivity index (χ3n) is 7.74. The molecule has 0 saturated carbocycles. The molecular weight excluding hydrogens is 732 g/mol. The summed E-state index contributed by atoms with van der Waals surface area (Å²) in [7, 11) is -4.85. The fourth-order valence-corrected chi connectivity index (χ4v) is 7.13. The molecule has 10 unspecified atom stereocenters. The zero-order chi connectivity index (χ0) is 34.7. The lowest BCUT2D eigenvalue weighted by molar-refractivity contribution is -0.0427. The van der Waals surface area contributed by atoms with E-state index >= 15 is 8.78 Å². The van der Waals surface area contributed by atoms with Crippen molar-refractivity contribution >= 4 is 72.9 Å². The number of nitrogens with zero attached hydrogens (tertiary/aromatic N) is 8. The van der Waals surface area contributed by atoms with Gasteiger partial charge in [0, 0.05) is 13.1 Å². The summed E-state index contributed by atoms with van der Waals surface area (Å²) >= 11 is 7.35. The van der Waals surface area contributed by atoms with E-state index in [1.165, 1.54) is 34.4 Å². The third kappa shape index (κ3) is 7.53. The fraction of sp³-hybridized carbons (Fsp3) is 0.520. The van der Waals surface area contributed by atoms with Crippen LogP contribution in [0.3, 0.4) is 0 Å². The SMILES string of the molecule is O=[P+](S)OC1C(CO)OC(n2cnc3c(NCC=CCCNc4ncnc5c4ncn5C4OC(CO)C(O[P+](=O)S)C4F)ncnc32)C1F. The highest BCUT2D eigenvalue weighted by Crippen LogP contribution is 2.42. The Balaban J connectivity index is 1.03. The fourth-order valence-electron chi connectivity index (χ4n) is 5.56. The van der Waals surface area contributed by atoms with Gasteiger partial charge in [0.15, 0.2) is 71.0 Å². The Morgan fingerprint density at radius 1 is 0.796 bits per heavy atom. The normalized spacial score (nSPS) is 27.8. The molecule has 4 N–H and O–H groups in total. The minimum atomic E-state index is -2.43. The topological polar surface area (TPSA) is 223 Å². The van der Waals surface area contributed by atoms with Crippen LogP contribution in [-0.4, -0.2) is 112 Å². The molecule has 6 heterocycles. The first-order valence-electron chi connectivity index (χ1n) is 14.7. The van der Waals surface area contributed by atoms with Crippen LogP contribution in [0, 0.1) is 0 Å². The van der Waals surface area contributed by atoms with Gasteiger partial charge in [-0.3, -0.25) is 9.13 Å². The molecule has 0 bridgehead atoms. The Morgan fingerprint density at radius 3 is 1.76 bits per heavy atom. The summed E-state index contributed by atoms with van der Waals surface area (Å²) in [5, 5.41) is 25.5. The minimum Gasteiger partial charge on any atom is -0.394 e. The summed E-state index contributed by atoms with van der Waals surface area (Å²) in [4.78, 5) is 25.5. The molecule has 2 aliphatic heterocycles. The molecule has 10 atom stereocenters. The van der Waals surface area contributed by atoms with Crippen LogP contribution in [0.5, 0.6) is 0 Å². The molecule has 262 valence electrons. The number of halogens is 2. The van der Waals surface area contributed by atoms with Gasteiger partial charge in [-0.15, -0.1) is 9.05 Å². The molecule has 2 saturated heterocycles. The van der Waals surface area contributed by atoms with E-state index in [0.717, 1.165) is 0 Å². The summed E-state index contributed by atoms with van der Waals surface area (Å²) < 4.78 is 77.4. The molecule has 0 amide bonds. The number of nitrogens with one attached hydrogen (secondary N) is 2. The molecule has 0 radical (unpaired) electrons. The first-order chi connectivity index (χ1) is 23.7. The van der Waals surface area contributed by atoms with Crippen molar-refractivity contribution in [3.05, 3.63) is 37.5 Å². The Kier molecular flexibility index (Phi) is 11.6.